The van der Waals surface area contributed by atoms with Crippen molar-refractivity contribution in [3.8, 4) is 5.82 Å². The monoisotopic (exact) mass is 339 g/mol. The van der Waals surface area contributed by atoms with Gasteiger partial charge in [0.2, 0.25) is 11.6 Å². The predicted molar refractivity (Wildman–Crippen MR) is 91.8 cm³/mol. The van der Waals surface area contributed by atoms with Gasteiger partial charge in [-0.1, -0.05) is 17.3 Å². The number of aromatic nitrogens is 5. The van der Waals surface area contributed by atoms with Crippen molar-refractivity contribution in [2.45, 2.75) is 32.2 Å². The topological polar surface area (TPSA) is 103 Å². The Labute approximate surface area is 143 Å². The fourth-order valence-corrected chi connectivity index (χ4v) is 3.33. The van der Waals surface area contributed by atoms with Gasteiger partial charge in [0.05, 0.1) is 10.4 Å². The zero-order valence-electron chi connectivity index (χ0n) is 13.7. The summed E-state index contributed by atoms with van der Waals surface area (Å²) in [7, 11) is 0. The molecule has 0 N–H and O–H groups in total. The Morgan fingerprint density at radius 3 is 2.80 bits per heavy atom. The van der Waals surface area contributed by atoms with Gasteiger partial charge in [-0.25, -0.2) is 9.97 Å². The molecule has 0 amide bonds. The van der Waals surface area contributed by atoms with Gasteiger partial charge in [0.15, 0.2) is 0 Å². The van der Waals surface area contributed by atoms with E-state index in [4.69, 9.17) is 0 Å². The maximum absolute atomic E-state index is 11.9. The van der Waals surface area contributed by atoms with Gasteiger partial charge in [0, 0.05) is 12.6 Å². The first-order chi connectivity index (χ1) is 12.2. The fraction of sp³-hybridized carbons (Fsp3) is 0.375. The van der Waals surface area contributed by atoms with Crippen LogP contribution < -0.4 is 4.90 Å². The molecule has 1 atom stereocenters. The number of nitro groups is 1. The van der Waals surface area contributed by atoms with E-state index >= 15 is 0 Å². The first-order valence-corrected chi connectivity index (χ1v) is 8.23. The summed E-state index contributed by atoms with van der Waals surface area (Å²) in [6.45, 7) is 2.81. The van der Waals surface area contributed by atoms with Crippen molar-refractivity contribution in [2.24, 2.45) is 0 Å². The minimum Gasteiger partial charge on any atom is -0.348 e. The van der Waals surface area contributed by atoms with E-state index in [1.165, 1.54) is 11.0 Å². The molecule has 0 saturated carbocycles. The summed E-state index contributed by atoms with van der Waals surface area (Å²) in [5.74, 6) is 0.489. The number of fused-ring (bicyclic) bond motifs is 1. The average Bonchev–Trinajstić information content (AvgIpc) is 3.05. The van der Waals surface area contributed by atoms with Gasteiger partial charge in [-0.15, -0.1) is 5.10 Å². The molecule has 0 spiro atoms. The third-order valence-electron chi connectivity index (χ3n) is 4.59. The lowest BCUT2D eigenvalue weighted by Gasteiger charge is -2.33. The normalized spacial score (nSPS) is 17.8. The second-order valence-corrected chi connectivity index (χ2v) is 6.15. The van der Waals surface area contributed by atoms with Crippen molar-refractivity contribution in [1.82, 2.24) is 25.0 Å². The van der Waals surface area contributed by atoms with E-state index in [1.807, 2.05) is 23.1 Å². The molecule has 3 aromatic rings. The Morgan fingerprint density at radius 2 is 2.00 bits per heavy atom. The Bertz CT molecular complexity index is 939. The van der Waals surface area contributed by atoms with Crippen LogP contribution in [0.25, 0.3) is 16.9 Å². The minimum atomic E-state index is -0.428. The van der Waals surface area contributed by atoms with Gasteiger partial charge >= 0.3 is 5.69 Å². The van der Waals surface area contributed by atoms with Gasteiger partial charge < -0.3 is 4.90 Å². The first-order valence-electron chi connectivity index (χ1n) is 8.23. The minimum absolute atomic E-state index is 0.132. The summed E-state index contributed by atoms with van der Waals surface area (Å²) >= 11 is 0. The number of para-hydroxylation sites is 1. The number of hydrogen-bond donors (Lipinski definition) is 0. The summed E-state index contributed by atoms with van der Waals surface area (Å²) in [5.41, 5.74) is 1.19. The standard InChI is InChI=1S/C16H17N7O2/c1-11-6-4-5-9-21(11)15-14(23(24)25)16(18-10-17-15)22-13-8-3-2-7-12(13)19-20-22/h2-3,7-8,10-11H,4-6,9H2,1H3. The molecule has 9 nitrogen and oxygen atoms in total. The van der Waals surface area contributed by atoms with Crippen molar-refractivity contribution < 1.29 is 4.92 Å². The Kier molecular flexibility index (Phi) is 3.75. The van der Waals surface area contributed by atoms with Crippen LogP contribution >= 0.6 is 0 Å². The van der Waals surface area contributed by atoms with Crippen LogP contribution in [0.3, 0.4) is 0 Å². The van der Waals surface area contributed by atoms with E-state index in [1.54, 1.807) is 6.07 Å². The molecule has 1 saturated heterocycles. The highest BCUT2D eigenvalue weighted by molar-refractivity contribution is 5.78. The van der Waals surface area contributed by atoms with E-state index in [0.29, 0.717) is 16.9 Å². The summed E-state index contributed by atoms with van der Waals surface area (Å²) in [6.07, 6.45) is 4.46. The van der Waals surface area contributed by atoms with Crippen LogP contribution in [0.2, 0.25) is 0 Å². The third-order valence-corrected chi connectivity index (χ3v) is 4.59. The van der Waals surface area contributed by atoms with E-state index in [2.05, 4.69) is 27.2 Å². The summed E-state index contributed by atoms with van der Waals surface area (Å²) in [4.78, 5) is 21.8. The molecule has 4 rings (SSSR count). The van der Waals surface area contributed by atoms with Crippen LogP contribution in [0.15, 0.2) is 30.6 Å². The molecule has 1 aromatic carbocycles. The Balaban J connectivity index is 1.91. The highest BCUT2D eigenvalue weighted by atomic mass is 16.6. The summed E-state index contributed by atoms with van der Waals surface area (Å²) in [6, 6.07) is 7.49. The molecular formula is C16H17N7O2. The van der Waals surface area contributed by atoms with Crippen LogP contribution in [-0.4, -0.2) is 42.5 Å². The number of anilines is 1. The highest BCUT2D eigenvalue weighted by Gasteiger charge is 2.32. The molecule has 0 radical (unpaired) electrons. The number of piperidine rings is 1. The van der Waals surface area contributed by atoms with Crippen molar-refractivity contribution in [2.75, 3.05) is 11.4 Å². The van der Waals surface area contributed by atoms with Crippen molar-refractivity contribution >= 4 is 22.5 Å². The molecule has 1 fully saturated rings. The summed E-state index contributed by atoms with van der Waals surface area (Å²) in [5, 5.41) is 20.0. The highest BCUT2D eigenvalue weighted by Crippen LogP contribution is 2.34. The second-order valence-electron chi connectivity index (χ2n) is 6.15. The molecule has 2 aromatic heterocycles. The van der Waals surface area contributed by atoms with E-state index in [0.717, 1.165) is 25.8 Å². The van der Waals surface area contributed by atoms with Crippen LogP contribution in [-0.2, 0) is 0 Å². The smallest absolute Gasteiger partial charge is 0.348 e. The SMILES string of the molecule is CC1CCCCN1c1ncnc(-n2nnc3ccccc32)c1[N+](=O)[O-]. The third kappa shape index (κ3) is 2.57. The number of hydrogen-bond acceptors (Lipinski definition) is 7. The number of benzene rings is 1. The van der Waals surface area contributed by atoms with Crippen LogP contribution in [0, 0.1) is 10.1 Å². The fourth-order valence-electron chi connectivity index (χ4n) is 3.33. The lowest BCUT2D eigenvalue weighted by molar-refractivity contribution is -0.384. The Hall–Kier alpha value is -3.10. The molecule has 9 heteroatoms. The number of rotatable bonds is 3. The lowest BCUT2D eigenvalue weighted by atomic mass is 10.0. The van der Waals surface area contributed by atoms with Crippen LogP contribution in [0.5, 0.6) is 0 Å². The zero-order chi connectivity index (χ0) is 17.4. The van der Waals surface area contributed by atoms with Crippen molar-refractivity contribution in [3.63, 3.8) is 0 Å². The van der Waals surface area contributed by atoms with Crippen LogP contribution in [0.1, 0.15) is 26.2 Å². The lowest BCUT2D eigenvalue weighted by Crippen LogP contribution is -2.38. The second kappa shape index (κ2) is 6.08. The maximum atomic E-state index is 11.9. The largest absolute Gasteiger partial charge is 0.355 e. The van der Waals surface area contributed by atoms with Crippen molar-refractivity contribution in [1.29, 1.82) is 0 Å². The molecule has 1 aliphatic rings. The van der Waals surface area contributed by atoms with E-state index in [-0.39, 0.29) is 17.5 Å². The van der Waals surface area contributed by atoms with Gasteiger partial charge in [-0.05, 0) is 38.3 Å². The zero-order valence-corrected chi connectivity index (χ0v) is 13.7. The predicted octanol–water partition coefficient (Wildman–Crippen LogP) is 2.50. The van der Waals surface area contributed by atoms with Gasteiger partial charge in [-0.3, -0.25) is 10.1 Å². The van der Waals surface area contributed by atoms with Crippen LogP contribution in [0.4, 0.5) is 11.5 Å². The molecule has 25 heavy (non-hydrogen) atoms. The first kappa shape index (κ1) is 15.4. The average molecular weight is 339 g/mol. The van der Waals surface area contributed by atoms with Crippen molar-refractivity contribution in [3.05, 3.63) is 40.7 Å². The van der Waals surface area contributed by atoms with Gasteiger partial charge in [0.1, 0.15) is 11.8 Å². The quantitative estimate of drug-likeness (QED) is 0.533. The Morgan fingerprint density at radius 1 is 1.20 bits per heavy atom. The van der Waals surface area contributed by atoms with Gasteiger partial charge in [0.25, 0.3) is 0 Å². The molecular weight excluding hydrogens is 322 g/mol. The molecule has 1 unspecified atom stereocenters. The molecule has 3 heterocycles. The maximum Gasteiger partial charge on any atom is 0.355 e. The summed E-state index contributed by atoms with van der Waals surface area (Å²) < 4.78 is 1.41. The molecule has 1 aliphatic heterocycles. The van der Waals surface area contributed by atoms with Gasteiger partial charge in [-0.2, -0.15) is 4.68 Å². The molecule has 0 aliphatic carbocycles. The van der Waals surface area contributed by atoms with E-state index in [9.17, 15) is 10.1 Å². The number of nitrogens with zero attached hydrogens (tertiary/aromatic N) is 7. The molecule has 0 bridgehead atoms. The molecule has 128 valence electrons. The van der Waals surface area contributed by atoms with E-state index < -0.39 is 4.92 Å².